The summed E-state index contributed by atoms with van der Waals surface area (Å²) in [5, 5.41) is 4.01. The number of pyridine rings is 1. The molecule has 1 heterocycles. The van der Waals surface area contributed by atoms with E-state index in [-0.39, 0.29) is 0 Å². The molecular formula is C13H14Cl2N4. The van der Waals surface area contributed by atoms with Gasteiger partial charge in [-0.2, -0.15) is 0 Å². The van der Waals surface area contributed by atoms with Crippen molar-refractivity contribution in [3.63, 3.8) is 0 Å². The minimum atomic E-state index is 0.377. The summed E-state index contributed by atoms with van der Waals surface area (Å²) in [6.45, 7) is 2.09. The number of hydrogen-bond acceptors (Lipinski definition) is 4. The SMILES string of the molecule is CCc1ccccc1Nc1nc(NN)c(Cl)cc1Cl. The molecule has 1 aromatic heterocycles. The summed E-state index contributed by atoms with van der Waals surface area (Å²) in [4.78, 5) is 4.25. The second kappa shape index (κ2) is 6.10. The van der Waals surface area contributed by atoms with Crippen LogP contribution in [-0.4, -0.2) is 4.98 Å². The van der Waals surface area contributed by atoms with Crippen LogP contribution in [0.15, 0.2) is 30.3 Å². The lowest BCUT2D eigenvalue weighted by Gasteiger charge is -2.13. The molecule has 0 bridgehead atoms. The predicted molar refractivity (Wildman–Crippen MR) is 81.2 cm³/mol. The third kappa shape index (κ3) is 3.10. The number of aryl methyl sites for hydroxylation is 1. The summed E-state index contributed by atoms with van der Waals surface area (Å²) >= 11 is 12.1. The minimum absolute atomic E-state index is 0.377. The van der Waals surface area contributed by atoms with E-state index in [1.165, 1.54) is 5.56 Å². The maximum absolute atomic E-state index is 6.13. The Hall–Kier alpha value is -1.49. The molecule has 0 spiro atoms. The number of nitrogens with zero attached hydrogens (tertiary/aromatic N) is 1. The zero-order valence-electron chi connectivity index (χ0n) is 10.4. The normalized spacial score (nSPS) is 10.3. The number of hydrazine groups is 1. The lowest BCUT2D eigenvalue weighted by atomic mass is 10.1. The van der Waals surface area contributed by atoms with Crippen LogP contribution in [0, 0.1) is 0 Å². The van der Waals surface area contributed by atoms with Crippen LogP contribution in [0.4, 0.5) is 17.3 Å². The molecule has 0 unspecified atom stereocenters. The van der Waals surface area contributed by atoms with Crippen molar-refractivity contribution >= 4 is 40.5 Å². The highest BCUT2D eigenvalue weighted by molar-refractivity contribution is 6.37. The van der Waals surface area contributed by atoms with Crippen LogP contribution in [0.2, 0.25) is 10.0 Å². The highest BCUT2D eigenvalue weighted by atomic mass is 35.5. The first-order valence-corrected chi connectivity index (χ1v) is 6.59. The zero-order chi connectivity index (χ0) is 13.8. The number of aromatic nitrogens is 1. The quantitative estimate of drug-likeness (QED) is 0.590. The number of hydrogen-bond donors (Lipinski definition) is 3. The van der Waals surface area contributed by atoms with Gasteiger partial charge in [-0.05, 0) is 24.1 Å². The van der Waals surface area contributed by atoms with Gasteiger partial charge in [0, 0.05) is 5.69 Å². The van der Waals surface area contributed by atoms with E-state index < -0.39 is 0 Å². The van der Waals surface area contributed by atoms with Crippen molar-refractivity contribution in [2.45, 2.75) is 13.3 Å². The van der Waals surface area contributed by atoms with Crippen LogP contribution in [0.25, 0.3) is 0 Å². The van der Waals surface area contributed by atoms with Gasteiger partial charge in [0.05, 0.1) is 10.0 Å². The molecule has 0 aliphatic heterocycles. The molecule has 0 fully saturated rings. The lowest BCUT2D eigenvalue weighted by molar-refractivity contribution is 1.14. The molecule has 2 aromatic rings. The topological polar surface area (TPSA) is 63.0 Å². The van der Waals surface area contributed by atoms with Gasteiger partial charge in [-0.15, -0.1) is 0 Å². The fourth-order valence-corrected chi connectivity index (χ4v) is 2.19. The molecule has 0 saturated carbocycles. The molecule has 6 heteroatoms. The van der Waals surface area contributed by atoms with E-state index in [1.54, 1.807) is 6.07 Å². The van der Waals surface area contributed by atoms with Crippen molar-refractivity contribution in [2.75, 3.05) is 10.7 Å². The van der Waals surface area contributed by atoms with Gasteiger partial charge in [-0.1, -0.05) is 48.3 Å². The standard InChI is InChI=1S/C13H14Cl2N4/c1-2-8-5-3-4-6-11(8)17-12-9(14)7-10(15)13(18-12)19-16/h3-7H,2,16H2,1H3,(H2,17,18,19). The molecule has 2 rings (SSSR count). The fourth-order valence-electron chi connectivity index (χ4n) is 1.73. The largest absolute Gasteiger partial charge is 0.339 e. The summed E-state index contributed by atoms with van der Waals surface area (Å²) in [5.74, 6) is 6.24. The number of anilines is 3. The van der Waals surface area contributed by atoms with Gasteiger partial charge in [0.1, 0.15) is 0 Å². The predicted octanol–water partition coefficient (Wildman–Crippen LogP) is 3.98. The zero-order valence-corrected chi connectivity index (χ0v) is 11.9. The molecule has 4 N–H and O–H groups in total. The van der Waals surface area contributed by atoms with Crippen molar-refractivity contribution in [2.24, 2.45) is 5.84 Å². The van der Waals surface area contributed by atoms with Crippen LogP contribution in [0.5, 0.6) is 0 Å². The summed E-state index contributed by atoms with van der Waals surface area (Å²) in [7, 11) is 0. The number of nitrogens with two attached hydrogens (primary N) is 1. The molecule has 1 aromatic carbocycles. The molecular weight excluding hydrogens is 283 g/mol. The van der Waals surface area contributed by atoms with E-state index in [0.29, 0.717) is 21.7 Å². The second-order valence-corrected chi connectivity index (χ2v) is 4.74. The van der Waals surface area contributed by atoms with Crippen LogP contribution < -0.4 is 16.6 Å². The first-order chi connectivity index (χ1) is 9.15. The highest BCUT2D eigenvalue weighted by Crippen LogP contribution is 2.31. The average Bonchev–Trinajstić information content (AvgIpc) is 2.42. The van der Waals surface area contributed by atoms with E-state index in [1.807, 2.05) is 24.3 Å². The van der Waals surface area contributed by atoms with Crippen molar-refractivity contribution in [3.05, 3.63) is 45.9 Å². The maximum atomic E-state index is 6.13. The Morgan fingerprint density at radius 1 is 1.16 bits per heavy atom. The minimum Gasteiger partial charge on any atom is -0.339 e. The van der Waals surface area contributed by atoms with E-state index in [9.17, 15) is 0 Å². The molecule has 19 heavy (non-hydrogen) atoms. The summed E-state index contributed by atoms with van der Waals surface area (Å²) < 4.78 is 0. The van der Waals surface area contributed by atoms with Gasteiger partial charge >= 0.3 is 0 Å². The molecule has 100 valence electrons. The molecule has 0 saturated heterocycles. The molecule has 0 aliphatic carbocycles. The van der Waals surface area contributed by atoms with E-state index in [0.717, 1.165) is 12.1 Å². The molecule has 0 radical (unpaired) electrons. The third-order valence-corrected chi connectivity index (χ3v) is 3.29. The summed E-state index contributed by atoms with van der Waals surface area (Å²) in [6.07, 6.45) is 0.913. The number of para-hydroxylation sites is 1. The smallest absolute Gasteiger partial charge is 0.161 e. The van der Waals surface area contributed by atoms with Gasteiger partial charge in [-0.25, -0.2) is 10.8 Å². The van der Waals surface area contributed by atoms with Gasteiger partial charge in [0.25, 0.3) is 0 Å². The first-order valence-electron chi connectivity index (χ1n) is 5.83. The Kier molecular flexibility index (Phi) is 4.47. The van der Waals surface area contributed by atoms with Gasteiger partial charge in [0.15, 0.2) is 11.6 Å². The Morgan fingerprint density at radius 2 is 1.84 bits per heavy atom. The molecule has 0 amide bonds. The Labute approximate surface area is 121 Å². The molecule has 4 nitrogen and oxygen atoms in total. The van der Waals surface area contributed by atoms with Crippen molar-refractivity contribution < 1.29 is 0 Å². The fraction of sp³-hybridized carbons (Fsp3) is 0.154. The van der Waals surface area contributed by atoms with E-state index in [2.05, 4.69) is 22.7 Å². The van der Waals surface area contributed by atoms with Crippen molar-refractivity contribution in [1.82, 2.24) is 4.98 Å². The number of benzene rings is 1. The summed E-state index contributed by atoms with van der Waals surface area (Å²) in [6, 6.07) is 9.57. The number of nitrogen functional groups attached to an aromatic ring is 1. The highest BCUT2D eigenvalue weighted by Gasteiger charge is 2.10. The Balaban J connectivity index is 2.38. The van der Waals surface area contributed by atoms with E-state index in [4.69, 9.17) is 29.0 Å². The molecule has 0 aliphatic rings. The third-order valence-electron chi connectivity index (χ3n) is 2.72. The summed E-state index contributed by atoms with van der Waals surface area (Å²) in [5.41, 5.74) is 4.58. The Bertz CT molecular complexity index is 587. The van der Waals surface area contributed by atoms with Gasteiger partial charge in [-0.3, -0.25) is 0 Å². The first kappa shape index (κ1) is 13.9. The monoisotopic (exact) mass is 296 g/mol. The van der Waals surface area contributed by atoms with Crippen LogP contribution in [-0.2, 0) is 6.42 Å². The van der Waals surface area contributed by atoms with Crippen LogP contribution in [0.1, 0.15) is 12.5 Å². The van der Waals surface area contributed by atoms with E-state index >= 15 is 0 Å². The number of halogens is 2. The lowest BCUT2D eigenvalue weighted by Crippen LogP contribution is -2.10. The average molecular weight is 297 g/mol. The second-order valence-electron chi connectivity index (χ2n) is 3.93. The van der Waals surface area contributed by atoms with Crippen molar-refractivity contribution in [3.8, 4) is 0 Å². The molecule has 0 atom stereocenters. The van der Waals surface area contributed by atoms with Crippen LogP contribution in [0.3, 0.4) is 0 Å². The van der Waals surface area contributed by atoms with Crippen LogP contribution >= 0.6 is 23.2 Å². The van der Waals surface area contributed by atoms with Crippen molar-refractivity contribution in [1.29, 1.82) is 0 Å². The maximum Gasteiger partial charge on any atom is 0.161 e. The number of rotatable bonds is 4. The van der Waals surface area contributed by atoms with Gasteiger partial charge < -0.3 is 10.7 Å². The number of nitrogens with one attached hydrogen (secondary N) is 2. The van der Waals surface area contributed by atoms with Gasteiger partial charge in [0.2, 0.25) is 0 Å². The Morgan fingerprint density at radius 3 is 2.53 bits per heavy atom.